The van der Waals surface area contributed by atoms with Gasteiger partial charge in [0.25, 0.3) is 0 Å². The number of hydrogen-bond acceptors (Lipinski definition) is 5. The van der Waals surface area contributed by atoms with E-state index in [4.69, 9.17) is 18.9 Å². The normalized spacial score (nSPS) is 14.7. The highest BCUT2D eigenvalue weighted by Crippen LogP contribution is 2.31. The number of carbonyl (C=O) groups is 1. The molecule has 1 aliphatic rings. The van der Waals surface area contributed by atoms with Gasteiger partial charge in [0.2, 0.25) is 0 Å². The Labute approximate surface area is 227 Å². The molecule has 0 N–H and O–H groups in total. The van der Waals surface area contributed by atoms with Crippen LogP contribution in [0.1, 0.15) is 65.6 Å². The SMILES string of the molecule is COC(=O)c1ccc(COC(COCc2ccc(OC)cc2)CC2CCCCC2)cc1-c1ccccc1C. The Morgan fingerprint density at radius 1 is 0.868 bits per heavy atom. The van der Waals surface area contributed by atoms with Crippen molar-refractivity contribution in [2.75, 3.05) is 20.8 Å². The van der Waals surface area contributed by atoms with Crippen molar-refractivity contribution >= 4 is 5.97 Å². The van der Waals surface area contributed by atoms with Crippen LogP contribution in [-0.2, 0) is 27.4 Å². The van der Waals surface area contributed by atoms with Crippen LogP contribution in [0.15, 0.2) is 66.7 Å². The molecule has 0 heterocycles. The standard InChI is InChI=1S/C33H40O5/c1-24-9-7-8-12-30(24)32-20-27(15-18-31(32)33(34)36-3)22-38-29(19-25-10-5-4-6-11-25)23-37-21-26-13-16-28(35-2)17-14-26/h7-9,12-18,20,25,29H,4-6,10-11,19,21-23H2,1-3H3. The number of methoxy groups -OCH3 is 2. The van der Waals surface area contributed by atoms with Crippen LogP contribution in [0.5, 0.6) is 5.75 Å². The number of esters is 1. The van der Waals surface area contributed by atoms with E-state index in [9.17, 15) is 4.79 Å². The second-order valence-electron chi connectivity index (χ2n) is 10.2. The second kappa shape index (κ2) is 14.1. The van der Waals surface area contributed by atoms with Crippen LogP contribution in [0.25, 0.3) is 11.1 Å². The number of ether oxygens (including phenoxy) is 4. The molecule has 1 aliphatic carbocycles. The molecule has 3 aromatic rings. The van der Waals surface area contributed by atoms with Crippen molar-refractivity contribution in [3.05, 3.63) is 89.0 Å². The summed E-state index contributed by atoms with van der Waals surface area (Å²) in [7, 11) is 3.09. The van der Waals surface area contributed by atoms with Crippen LogP contribution in [0.3, 0.4) is 0 Å². The van der Waals surface area contributed by atoms with E-state index in [2.05, 4.69) is 19.1 Å². The summed E-state index contributed by atoms with van der Waals surface area (Å²) < 4.78 is 22.9. The molecule has 0 aliphatic heterocycles. The lowest BCUT2D eigenvalue weighted by atomic mass is 9.85. The maximum Gasteiger partial charge on any atom is 0.338 e. The number of aryl methyl sites for hydroxylation is 1. The first-order chi connectivity index (χ1) is 18.6. The van der Waals surface area contributed by atoms with Gasteiger partial charge in [0, 0.05) is 0 Å². The van der Waals surface area contributed by atoms with Gasteiger partial charge in [-0.15, -0.1) is 0 Å². The van der Waals surface area contributed by atoms with Gasteiger partial charge in [0.05, 0.1) is 45.7 Å². The minimum atomic E-state index is -0.335. The Bertz CT molecular complexity index is 1160. The highest BCUT2D eigenvalue weighted by Gasteiger charge is 2.21. The number of carbonyl (C=O) groups excluding carboxylic acids is 1. The van der Waals surface area contributed by atoms with Crippen molar-refractivity contribution in [2.45, 2.75) is 64.8 Å². The van der Waals surface area contributed by atoms with Gasteiger partial charge in [-0.1, -0.05) is 74.6 Å². The van der Waals surface area contributed by atoms with Crippen LogP contribution in [0, 0.1) is 12.8 Å². The van der Waals surface area contributed by atoms with E-state index in [0.717, 1.165) is 40.0 Å². The van der Waals surface area contributed by atoms with Gasteiger partial charge in [-0.2, -0.15) is 0 Å². The van der Waals surface area contributed by atoms with Crippen molar-refractivity contribution in [3.8, 4) is 16.9 Å². The van der Waals surface area contributed by atoms with E-state index in [1.807, 2.05) is 54.6 Å². The summed E-state index contributed by atoms with van der Waals surface area (Å²) in [6.07, 6.45) is 7.50. The molecule has 202 valence electrons. The summed E-state index contributed by atoms with van der Waals surface area (Å²) in [5, 5.41) is 0. The molecule has 0 radical (unpaired) electrons. The zero-order valence-electron chi connectivity index (χ0n) is 22.9. The molecule has 5 nitrogen and oxygen atoms in total. The van der Waals surface area contributed by atoms with Crippen LogP contribution in [-0.4, -0.2) is 32.9 Å². The Hall–Kier alpha value is -3.15. The molecule has 0 spiro atoms. The number of benzene rings is 3. The Kier molecular flexibility index (Phi) is 10.4. The summed E-state index contributed by atoms with van der Waals surface area (Å²) in [6.45, 7) is 3.61. The Balaban J connectivity index is 1.45. The molecule has 3 aromatic carbocycles. The fourth-order valence-corrected chi connectivity index (χ4v) is 5.29. The van der Waals surface area contributed by atoms with Gasteiger partial charge in [-0.25, -0.2) is 4.79 Å². The van der Waals surface area contributed by atoms with Crippen molar-refractivity contribution in [1.29, 1.82) is 0 Å². The molecular formula is C33H40O5. The number of hydrogen-bond donors (Lipinski definition) is 0. The molecular weight excluding hydrogens is 476 g/mol. The van der Waals surface area contributed by atoms with Gasteiger partial charge in [-0.3, -0.25) is 0 Å². The van der Waals surface area contributed by atoms with Gasteiger partial charge in [0.1, 0.15) is 5.75 Å². The molecule has 1 saturated carbocycles. The van der Waals surface area contributed by atoms with E-state index in [1.54, 1.807) is 7.11 Å². The first kappa shape index (κ1) is 27.9. The van der Waals surface area contributed by atoms with Crippen molar-refractivity contribution in [2.24, 2.45) is 5.92 Å². The summed E-state index contributed by atoms with van der Waals surface area (Å²) >= 11 is 0. The maximum atomic E-state index is 12.5. The van der Waals surface area contributed by atoms with Crippen LogP contribution in [0.2, 0.25) is 0 Å². The molecule has 0 aromatic heterocycles. The third-order valence-corrected chi connectivity index (χ3v) is 7.46. The summed E-state index contributed by atoms with van der Waals surface area (Å²) in [5.74, 6) is 1.19. The Morgan fingerprint density at radius 3 is 2.32 bits per heavy atom. The molecule has 0 amide bonds. The first-order valence-corrected chi connectivity index (χ1v) is 13.7. The molecule has 4 rings (SSSR count). The minimum absolute atomic E-state index is 0.0125. The zero-order valence-corrected chi connectivity index (χ0v) is 22.9. The highest BCUT2D eigenvalue weighted by atomic mass is 16.5. The van der Waals surface area contributed by atoms with E-state index >= 15 is 0 Å². The molecule has 38 heavy (non-hydrogen) atoms. The minimum Gasteiger partial charge on any atom is -0.497 e. The number of rotatable bonds is 12. The molecule has 5 heteroatoms. The average Bonchev–Trinajstić information content (AvgIpc) is 2.96. The van der Waals surface area contributed by atoms with E-state index in [-0.39, 0.29) is 12.1 Å². The fraction of sp³-hybridized carbons (Fsp3) is 0.424. The smallest absolute Gasteiger partial charge is 0.338 e. The van der Waals surface area contributed by atoms with Crippen molar-refractivity contribution in [3.63, 3.8) is 0 Å². The largest absolute Gasteiger partial charge is 0.497 e. The maximum absolute atomic E-state index is 12.5. The fourth-order valence-electron chi connectivity index (χ4n) is 5.29. The molecule has 1 atom stereocenters. The summed E-state index contributed by atoms with van der Waals surface area (Å²) in [6, 6.07) is 21.9. The van der Waals surface area contributed by atoms with Crippen LogP contribution >= 0.6 is 0 Å². The second-order valence-corrected chi connectivity index (χ2v) is 10.2. The van der Waals surface area contributed by atoms with E-state index < -0.39 is 0 Å². The zero-order chi connectivity index (χ0) is 26.7. The predicted octanol–water partition coefficient (Wildman–Crippen LogP) is 7.53. The van der Waals surface area contributed by atoms with E-state index in [1.165, 1.54) is 39.2 Å². The third-order valence-electron chi connectivity index (χ3n) is 7.46. The van der Waals surface area contributed by atoms with Crippen LogP contribution in [0.4, 0.5) is 0 Å². The Morgan fingerprint density at radius 2 is 1.61 bits per heavy atom. The lowest BCUT2D eigenvalue weighted by Crippen LogP contribution is -2.24. The van der Waals surface area contributed by atoms with Gasteiger partial charge < -0.3 is 18.9 Å². The van der Waals surface area contributed by atoms with Crippen molar-refractivity contribution < 1.29 is 23.7 Å². The van der Waals surface area contributed by atoms with Crippen molar-refractivity contribution in [1.82, 2.24) is 0 Å². The molecule has 0 saturated heterocycles. The molecule has 0 bridgehead atoms. The lowest BCUT2D eigenvalue weighted by Gasteiger charge is -2.27. The lowest BCUT2D eigenvalue weighted by molar-refractivity contribution is -0.0424. The average molecular weight is 517 g/mol. The van der Waals surface area contributed by atoms with Gasteiger partial charge in [0.15, 0.2) is 0 Å². The third kappa shape index (κ3) is 7.68. The van der Waals surface area contributed by atoms with E-state index in [0.29, 0.717) is 31.3 Å². The van der Waals surface area contributed by atoms with Gasteiger partial charge >= 0.3 is 5.97 Å². The topological polar surface area (TPSA) is 54.0 Å². The first-order valence-electron chi connectivity index (χ1n) is 13.7. The predicted molar refractivity (Wildman–Crippen MR) is 150 cm³/mol. The molecule has 1 fully saturated rings. The summed E-state index contributed by atoms with van der Waals surface area (Å²) in [5.41, 5.74) is 5.71. The van der Waals surface area contributed by atoms with Crippen LogP contribution < -0.4 is 4.74 Å². The monoisotopic (exact) mass is 516 g/mol. The molecule has 1 unspecified atom stereocenters. The summed E-state index contributed by atoms with van der Waals surface area (Å²) in [4.78, 5) is 12.5. The highest BCUT2D eigenvalue weighted by molar-refractivity contribution is 5.97. The van der Waals surface area contributed by atoms with Gasteiger partial charge in [-0.05, 0) is 71.3 Å². The quantitative estimate of drug-likeness (QED) is 0.233.